The zero-order chi connectivity index (χ0) is 19.2. The smallest absolute Gasteiger partial charge is 0.306 e. The lowest BCUT2D eigenvalue weighted by Crippen LogP contribution is -2.25. The minimum absolute atomic E-state index is 0.107. The van der Waals surface area contributed by atoms with Gasteiger partial charge in [0.1, 0.15) is 5.60 Å². The number of benzene rings is 1. The standard InChI is InChI=1S/C22H32O4/c1-5-25-21(24)15-19-17(13-14-20(23)26-22(2,3)4)11-8-10-16-9-6-7-12-18(16)19/h6-7,9,12,17,19H,5,8,10-11,13-15H2,1-4H3. The van der Waals surface area contributed by atoms with Gasteiger partial charge in [-0.1, -0.05) is 24.3 Å². The van der Waals surface area contributed by atoms with E-state index in [-0.39, 0.29) is 23.8 Å². The summed E-state index contributed by atoms with van der Waals surface area (Å²) < 4.78 is 10.7. The quantitative estimate of drug-likeness (QED) is 0.540. The van der Waals surface area contributed by atoms with Gasteiger partial charge in [0, 0.05) is 6.42 Å². The number of fused-ring (bicyclic) bond motifs is 1. The summed E-state index contributed by atoms with van der Waals surface area (Å²) in [5.74, 6) is 0.0761. The van der Waals surface area contributed by atoms with Gasteiger partial charge in [0.15, 0.2) is 0 Å². The summed E-state index contributed by atoms with van der Waals surface area (Å²) in [6, 6.07) is 8.38. The Kier molecular flexibility index (Phi) is 7.24. The van der Waals surface area contributed by atoms with Gasteiger partial charge in [-0.15, -0.1) is 0 Å². The molecule has 0 radical (unpaired) electrons. The van der Waals surface area contributed by atoms with Crippen LogP contribution >= 0.6 is 0 Å². The van der Waals surface area contributed by atoms with Crippen LogP contribution in [-0.2, 0) is 25.5 Å². The van der Waals surface area contributed by atoms with Gasteiger partial charge in [-0.25, -0.2) is 0 Å². The molecule has 0 saturated heterocycles. The zero-order valence-corrected chi connectivity index (χ0v) is 16.5. The molecule has 0 bridgehead atoms. The van der Waals surface area contributed by atoms with Crippen LogP contribution in [-0.4, -0.2) is 24.1 Å². The molecule has 0 saturated carbocycles. The number of ether oxygens (including phenoxy) is 2. The van der Waals surface area contributed by atoms with Gasteiger partial charge in [-0.05, 0) is 76.3 Å². The van der Waals surface area contributed by atoms with E-state index < -0.39 is 5.60 Å². The van der Waals surface area contributed by atoms with Crippen LogP contribution in [0.25, 0.3) is 0 Å². The first-order chi connectivity index (χ1) is 12.3. The zero-order valence-electron chi connectivity index (χ0n) is 16.5. The number of carbonyl (C=O) groups is 2. The molecule has 0 heterocycles. The molecule has 0 aliphatic heterocycles. The molecule has 1 aliphatic rings. The van der Waals surface area contributed by atoms with Gasteiger partial charge >= 0.3 is 11.9 Å². The molecule has 144 valence electrons. The Bertz CT molecular complexity index is 615. The molecule has 1 aliphatic carbocycles. The SMILES string of the molecule is CCOC(=O)CC1c2ccccc2CCCC1CCC(=O)OC(C)(C)C. The normalized spacial score (nSPS) is 20.0. The van der Waals surface area contributed by atoms with E-state index >= 15 is 0 Å². The van der Waals surface area contributed by atoms with Crippen molar-refractivity contribution >= 4 is 11.9 Å². The summed E-state index contributed by atoms with van der Waals surface area (Å²) in [4.78, 5) is 24.3. The highest BCUT2D eigenvalue weighted by molar-refractivity contribution is 5.71. The second-order valence-corrected chi connectivity index (χ2v) is 8.09. The van der Waals surface area contributed by atoms with E-state index in [1.165, 1.54) is 11.1 Å². The fourth-order valence-corrected chi connectivity index (χ4v) is 3.85. The molecule has 4 nitrogen and oxygen atoms in total. The van der Waals surface area contributed by atoms with Crippen molar-refractivity contribution in [3.8, 4) is 0 Å². The number of aryl methyl sites for hydroxylation is 1. The third-order valence-corrected chi connectivity index (χ3v) is 4.88. The van der Waals surface area contributed by atoms with Crippen LogP contribution in [0, 0.1) is 5.92 Å². The molecule has 2 unspecified atom stereocenters. The number of carbonyl (C=O) groups excluding carboxylic acids is 2. The topological polar surface area (TPSA) is 52.6 Å². The molecule has 2 atom stereocenters. The van der Waals surface area contributed by atoms with E-state index in [4.69, 9.17) is 9.47 Å². The monoisotopic (exact) mass is 360 g/mol. The Morgan fingerprint density at radius 1 is 1.15 bits per heavy atom. The van der Waals surface area contributed by atoms with E-state index in [2.05, 4.69) is 18.2 Å². The molecule has 0 aromatic heterocycles. The van der Waals surface area contributed by atoms with Crippen LogP contribution in [0.3, 0.4) is 0 Å². The van der Waals surface area contributed by atoms with Gasteiger partial charge in [-0.3, -0.25) is 9.59 Å². The van der Waals surface area contributed by atoms with Crippen LogP contribution in [0.4, 0.5) is 0 Å². The molecule has 0 N–H and O–H groups in total. The highest BCUT2D eigenvalue weighted by Gasteiger charge is 2.30. The molecule has 0 spiro atoms. The fourth-order valence-electron chi connectivity index (χ4n) is 3.85. The highest BCUT2D eigenvalue weighted by atomic mass is 16.6. The number of rotatable bonds is 6. The van der Waals surface area contributed by atoms with Crippen molar-refractivity contribution in [1.29, 1.82) is 0 Å². The van der Waals surface area contributed by atoms with Gasteiger partial charge < -0.3 is 9.47 Å². The van der Waals surface area contributed by atoms with Crippen LogP contribution in [0.15, 0.2) is 24.3 Å². The Balaban J connectivity index is 2.14. The van der Waals surface area contributed by atoms with E-state index in [1.807, 2.05) is 33.8 Å². The summed E-state index contributed by atoms with van der Waals surface area (Å²) in [5, 5.41) is 0. The first-order valence-electron chi connectivity index (χ1n) is 9.75. The van der Waals surface area contributed by atoms with Crippen LogP contribution in [0.5, 0.6) is 0 Å². The Morgan fingerprint density at radius 2 is 1.88 bits per heavy atom. The van der Waals surface area contributed by atoms with E-state index in [0.29, 0.717) is 19.4 Å². The van der Waals surface area contributed by atoms with Crippen molar-refractivity contribution in [1.82, 2.24) is 0 Å². The number of hydrogen-bond donors (Lipinski definition) is 0. The third kappa shape index (κ3) is 6.15. The molecule has 0 amide bonds. The van der Waals surface area contributed by atoms with E-state index in [1.54, 1.807) is 0 Å². The van der Waals surface area contributed by atoms with E-state index in [0.717, 1.165) is 25.7 Å². The molecule has 1 aromatic carbocycles. The summed E-state index contributed by atoms with van der Waals surface area (Å²) >= 11 is 0. The van der Waals surface area contributed by atoms with Crippen molar-refractivity contribution in [2.75, 3.05) is 6.61 Å². The average Bonchev–Trinajstić information content (AvgIpc) is 2.71. The average molecular weight is 360 g/mol. The highest BCUT2D eigenvalue weighted by Crippen LogP contribution is 2.40. The van der Waals surface area contributed by atoms with Crippen molar-refractivity contribution in [2.45, 2.75) is 77.7 Å². The van der Waals surface area contributed by atoms with Crippen molar-refractivity contribution in [3.05, 3.63) is 35.4 Å². The van der Waals surface area contributed by atoms with Crippen molar-refractivity contribution < 1.29 is 19.1 Å². The Morgan fingerprint density at radius 3 is 2.58 bits per heavy atom. The summed E-state index contributed by atoms with van der Waals surface area (Å²) in [5.41, 5.74) is 2.10. The molecular formula is C22H32O4. The van der Waals surface area contributed by atoms with E-state index in [9.17, 15) is 9.59 Å². The molecule has 26 heavy (non-hydrogen) atoms. The molecule has 2 rings (SSSR count). The maximum Gasteiger partial charge on any atom is 0.306 e. The summed E-state index contributed by atoms with van der Waals surface area (Å²) in [7, 11) is 0. The van der Waals surface area contributed by atoms with Crippen LogP contribution in [0.1, 0.15) is 76.8 Å². The Labute approximate surface area is 157 Å². The number of hydrogen-bond acceptors (Lipinski definition) is 4. The van der Waals surface area contributed by atoms with Crippen molar-refractivity contribution in [3.63, 3.8) is 0 Å². The van der Waals surface area contributed by atoms with Gasteiger partial charge in [0.25, 0.3) is 0 Å². The number of esters is 2. The van der Waals surface area contributed by atoms with Gasteiger partial charge in [-0.2, -0.15) is 0 Å². The van der Waals surface area contributed by atoms with Gasteiger partial charge in [0.2, 0.25) is 0 Å². The third-order valence-electron chi connectivity index (χ3n) is 4.88. The minimum Gasteiger partial charge on any atom is -0.466 e. The molecule has 4 heteroatoms. The first kappa shape index (κ1) is 20.5. The van der Waals surface area contributed by atoms with Crippen molar-refractivity contribution in [2.24, 2.45) is 5.92 Å². The van der Waals surface area contributed by atoms with Gasteiger partial charge in [0.05, 0.1) is 13.0 Å². The molecule has 0 fully saturated rings. The minimum atomic E-state index is -0.461. The molecular weight excluding hydrogens is 328 g/mol. The second kappa shape index (κ2) is 9.20. The maximum atomic E-state index is 12.2. The Hall–Kier alpha value is -1.84. The first-order valence-corrected chi connectivity index (χ1v) is 9.75. The summed E-state index contributed by atoms with van der Waals surface area (Å²) in [6.45, 7) is 7.89. The molecule has 1 aromatic rings. The predicted octanol–water partition coefficient (Wildman–Crippen LogP) is 4.80. The van der Waals surface area contributed by atoms with Crippen LogP contribution < -0.4 is 0 Å². The van der Waals surface area contributed by atoms with Crippen LogP contribution in [0.2, 0.25) is 0 Å². The second-order valence-electron chi connectivity index (χ2n) is 8.09. The lowest BCUT2D eigenvalue weighted by Gasteiger charge is -2.27. The predicted molar refractivity (Wildman–Crippen MR) is 102 cm³/mol. The summed E-state index contributed by atoms with van der Waals surface area (Å²) in [6.07, 6.45) is 4.63. The largest absolute Gasteiger partial charge is 0.466 e. The maximum absolute atomic E-state index is 12.2. The lowest BCUT2D eigenvalue weighted by molar-refractivity contribution is -0.155. The lowest BCUT2D eigenvalue weighted by atomic mass is 9.79. The fraction of sp³-hybridized carbons (Fsp3) is 0.636.